The molecule has 2 heterocycles. The van der Waals surface area contributed by atoms with Gasteiger partial charge in [0.2, 0.25) is 0 Å². The van der Waals surface area contributed by atoms with Crippen LogP contribution in [0.5, 0.6) is 5.75 Å². The Hall–Kier alpha value is -4.05. The molecule has 0 unspecified atom stereocenters. The summed E-state index contributed by atoms with van der Waals surface area (Å²) in [7, 11) is -2.53. The maximum absolute atomic E-state index is 12.5. The molecule has 0 bridgehead atoms. The monoisotopic (exact) mass is 419 g/mol. The number of nitriles is 1. The second-order valence-electron chi connectivity index (χ2n) is 7.12. The van der Waals surface area contributed by atoms with Crippen LogP contribution in [-0.4, -0.2) is 44.1 Å². The zero-order valence-electron chi connectivity index (χ0n) is 19.8. The third-order valence-corrected chi connectivity index (χ3v) is 5.21. The molecule has 1 saturated heterocycles. The minimum Gasteiger partial charge on any atom is -0.497 e. The van der Waals surface area contributed by atoms with E-state index >= 15 is 0 Å². The van der Waals surface area contributed by atoms with Gasteiger partial charge in [0.15, 0.2) is 0 Å². The number of aromatic nitrogens is 1. The Morgan fingerprint density at radius 3 is 2.35 bits per heavy atom. The van der Waals surface area contributed by atoms with Crippen molar-refractivity contribution in [1.82, 2.24) is 4.98 Å². The van der Waals surface area contributed by atoms with Crippen LogP contribution in [-0.2, 0) is 0 Å². The predicted octanol–water partition coefficient (Wildman–Crippen LogP) is 3.54. The van der Waals surface area contributed by atoms with E-state index in [1.54, 1.807) is 12.3 Å². The highest BCUT2D eigenvalue weighted by atomic mass is 16.5. The number of benzene rings is 2. The van der Waals surface area contributed by atoms with Gasteiger partial charge in [0, 0.05) is 49.3 Å². The van der Waals surface area contributed by atoms with Gasteiger partial charge in [0.25, 0.3) is 5.91 Å². The first kappa shape index (κ1) is 16.7. The molecule has 31 heavy (non-hydrogen) atoms. The van der Waals surface area contributed by atoms with E-state index < -0.39 is 7.04 Å². The number of methoxy groups -OCH3 is 1. The van der Waals surface area contributed by atoms with Crippen molar-refractivity contribution in [3.05, 3.63) is 78.0 Å². The minimum absolute atomic E-state index is 0.177. The number of anilines is 3. The lowest BCUT2D eigenvalue weighted by atomic mass is 10.2. The van der Waals surface area contributed by atoms with Crippen molar-refractivity contribution in [2.75, 3.05) is 48.3 Å². The van der Waals surface area contributed by atoms with E-state index in [2.05, 4.69) is 26.2 Å². The van der Waals surface area contributed by atoms with Gasteiger partial charge in [-0.25, -0.2) is 4.98 Å². The van der Waals surface area contributed by atoms with Crippen molar-refractivity contribution in [3.63, 3.8) is 0 Å². The van der Waals surface area contributed by atoms with E-state index in [0.717, 1.165) is 37.7 Å². The number of nitrogens with one attached hydrogen (secondary N) is 1. The number of ether oxygens (including phenoxy) is 1. The Kier molecular flexibility index (Phi) is 4.95. The summed E-state index contributed by atoms with van der Waals surface area (Å²) in [5.41, 5.74) is 2.68. The minimum atomic E-state index is -2.53. The first-order valence-corrected chi connectivity index (χ1v) is 9.87. The molecule has 1 aliphatic heterocycles. The Bertz CT molecular complexity index is 1170. The van der Waals surface area contributed by atoms with Crippen molar-refractivity contribution in [2.24, 2.45) is 0 Å². The summed E-state index contributed by atoms with van der Waals surface area (Å²) in [4.78, 5) is 21.3. The van der Waals surface area contributed by atoms with Crippen molar-refractivity contribution < 1.29 is 13.6 Å². The van der Waals surface area contributed by atoms with Crippen LogP contribution in [0.4, 0.5) is 17.2 Å². The molecule has 1 amide bonds. The summed E-state index contributed by atoms with van der Waals surface area (Å²) in [6, 6.07) is 19.3. The first-order valence-electron chi connectivity index (χ1n) is 11.4. The molecule has 7 nitrogen and oxygen atoms in total. The van der Waals surface area contributed by atoms with Crippen LogP contribution in [0.15, 0.2) is 66.9 Å². The van der Waals surface area contributed by atoms with E-state index in [1.807, 2.05) is 30.3 Å². The number of rotatable bonds is 5. The number of carbonyl (C=O) groups is 1. The number of hydrogen-bond acceptors (Lipinski definition) is 6. The number of piperazine rings is 1. The highest BCUT2D eigenvalue weighted by Gasteiger charge is 2.18. The van der Waals surface area contributed by atoms with Gasteiger partial charge >= 0.3 is 0 Å². The zero-order valence-corrected chi connectivity index (χ0v) is 16.8. The van der Waals surface area contributed by atoms with Crippen LogP contribution in [0, 0.1) is 11.3 Å². The van der Waals surface area contributed by atoms with Gasteiger partial charge in [0.1, 0.15) is 17.6 Å². The second kappa shape index (κ2) is 9.18. The maximum atomic E-state index is 12.5. The third-order valence-electron chi connectivity index (χ3n) is 5.21. The molecule has 0 radical (unpaired) electrons. The lowest BCUT2D eigenvalue weighted by Gasteiger charge is -2.36. The molecule has 2 aromatic carbocycles. The molecule has 156 valence electrons. The molecule has 7 heteroatoms. The summed E-state index contributed by atoms with van der Waals surface area (Å²) >= 11 is 0. The molecule has 1 aromatic heterocycles. The molecule has 1 N–H and O–H groups in total. The van der Waals surface area contributed by atoms with Gasteiger partial charge in [-0.3, -0.25) is 4.79 Å². The molecule has 0 aliphatic carbocycles. The van der Waals surface area contributed by atoms with Gasteiger partial charge < -0.3 is 19.9 Å². The first-order chi connectivity index (χ1) is 16.3. The van der Waals surface area contributed by atoms with Crippen molar-refractivity contribution in [1.29, 1.82) is 5.26 Å². The summed E-state index contributed by atoms with van der Waals surface area (Å²) in [6.45, 7) is 3.30. The van der Waals surface area contributed by atoms with E-state index in [0.29, 0.717) is 16.8 Å². The fraction of sp³-hybridized carbons (Fsp3) is 0.208. The topological polar surface area (TPSA) is 81.5 Å². The number of amides is 1. The van der Waals surface area contributed by atoms with E-state index in [4.69, 9.17) is 14.1 Å². The van der Waals surface area contributed by atoms with Gasteiger partial charge in [-0.1, -0.05) is 0 Å². The lowest BCUT2D eigenvalue weighted by molar-refractivity contribution is 0.102. The molecule has 4 rings (SSSR count). The highest BCUT2D eigenvalue weighted by molar-refractivity contribution is 6.04. The second-order valence-corrected chi connectivity index (χ2v) is 7.12. The number of carbonyl (C=O) groups excluding carboxylic acids is 1. The summed E-state index contributed by atoms with van der Waals surface area (Å²) in [5.74, 6) is 0.752. The normalized spacial score (nSPS) is 15.3. The molecule has 1 aliphatic rings. The number of nitrogens with zero attached hydrogens (tertiary/aromatic N) is 4. The van der Waals surface area contributed by atoms with Crippen LogP contribution in [0.3, 0.4) is 0 Å². The molecule has 3 aromatic rings. The Balaban J connectivity index is 1.31. The van der Waals surface area contributed by atoms with E-state index in [1.165, 1.54) is 24.3 Å². The van der Waals surface area contributed by atoms with Crippen LogP contribution in [0.25, 0.3) is 0 Å². The van der Waals surface area contributed by atoms with Gasteiger partial charge in [-0.15, -0.1) is 0 Å². The summed E-state index contributed by atoms with van der Waals surface area (Å²) in [6.07, 6.45) is 1.59. The Morgan fingerprint density at radius 1 is 1.03 bits per heavy atom. The fourth-order valence-corrected chi connectivity index (χ4v) is 3.47. The highest BCUT2D eigenvalue weighted by Crippen LogP contribution is 2.22. The average Bonchev–Trinajstić information content (AvgIpc) is 2.84. The summed E-state index contributed by atoms with van der Waals surface area (Å²) < 4.78 is 26.2. The van der Waals surface area contributed by atoms with E-state index in [-0.39, 0.29) is 11.7 Å². The Labute approximate surface area is 185 Å². The molecule has 0 saturated carbocycles. The van der Waals surface area contributed by atoms with Crippen LogP contribution < -0.4 is 19.9 Å². The predicted molar refractivity (Wildman–Crippen MR) is 121 cm³/mol. The largest absolute Gasteiger partial charge is 0.497 e. The van der Waals surface area contributed by atoms with Crippen LogP contribution in [0.1, 0.15) is 20.0 Å². The van der Waals surface area contributed by atoms with Gasteiger partial charge in [-0.2, -0.15) is 5.26 Å². The smallest absolute Gasteiger partial charge is 0.255 e. The van der Waals surface area contributed by atoms with Crippen molar-refractivity contribution in [3.8, 4) is 11.8 Å². The van der Waals surface area contributed by atoms with Crippen LogP contribution in [0.2, 0.25) is 0 Å². The van der Waals surface area contributed by atoms with Crippen LogP contribution >= 0.6 is 0 Å². The number of hydrogen-bond donors (Lipinski definition) is 1. The Morgan fingerprint density at radius 2 is 1.74 bits per heavy atom. The van der Waals surface area contributed by atoms with Crippen molar-refractivity contribution >= 4 is 23.1 Å². The van der Waals surface area contributed by atoms with Gasteiger partial charge in [-0.05, 0) is 60.7 Å². The van der Waals surface area contributed by atoms with E-state index in [9.17, 15) is 4.79 Å². The average molecular weight is 420 g/mol. The molecular weight excluding hydrogens is 390 g/mol. The maximum Gasteiger partial charge on any atom is 0.255 e. The quantitative estimate of drug-likeness (QED) is 0.681. The summed E-state index contributed by atoms with van der Waals surface area (Å²) in [5, 5.41) is 11.8. The zero-order chi connectivity index (χ0) is 24.1. The molecule has 1 fully saturated rings. The molecule has 0 spiro atoms. The number of pyridine rings is 1. The SMILES string of the molecule is [3H]C([3H])([3H])Oc1ccc(C(=O)Nc2ccc(N3CCN(c4ccc(C#N)cn4)CC3)cc2)cc1. The molecular formula is C24H23N5O2. The lowest BCUT2D eigenvalue weighted by Crippen LogP contribution is -2.46. The van der Waals surface area contributed by atoms with Gasteiger partial charge in [0.05, 0.1) is 16.7 Å². The van der Waals surface area contributed by atoms with Crippen molar-refractivity contribution in [2.45, 2.75) is 0 Å². The molecule has 0 atom stereocenters. The third kappa shape index (κ3) is 4.75. The fourth-order valence-electron chi connectivity index (χ4n) is 3.47. The standard InChI is InChI=1S/C24H23N5O2/c1-31-22-9-3-19(4-10-22)24(30)27-20-5-7-21(8-6-20)28-12-14-29(15-13-28)23-11-2-18(16-25)17-26-23/h2-11,17H,12-15H2,1H3,(H,27,30)/i1T3.